The van der Waals surface area contributed by atoms with E-state index in [9.17, 15) is 14.9 Å². The monoisotopic (exact) mass is 389 g/mol. The van der Waals surface area contributed by atoms with E-state index in [0.29, 0.717) is 24.0 Å². The predicted octanol–water partition coefficient (Wildman–Crippen LogP) is 4.30. The van der Waals surface area contributed by atoms with Crippen LogP contribution in [0.25, 0.3) is 0 Å². The minimum absolute atomic E-state index is 0.0198. The Morgan fingerprint density at radius 1 is 1.35 bits per heavy atom. The first-order chi connectivity index (χ1) is 12.5. The van der Waals surface area contributed by atoms with Crippen molar-refractivity contribution in [1.82, 2.24) is 4.90 Å². The van der Waals surface area contributed by atoms with Crippen molar-refractivity contribution in [1.29, 1.82) is 0 Å². The maximum Gasteiger partial charge on any atom is 0.282 e. The Labute approximate surface area is 160 Å². The van der Waals surface area contributed by atoms with E-state index in [4.69, 9.17) is 11.6 Å². The van der Waals surface area contributed by atoms with Crippen molar-refractivity contribution in [3.8, 4) is 0 Å². The molecule has 0 radical (unpaired) electrons. The normalized spacial score (nSPS) is 13.6. The van der Waals surface area contributed by atoms with Gasteiger partial charge in [0.2, 0.25) is 0 Å². The lowest BCUT2D eigenvalue weighted by Gasteiger charge is -2.18. The Morgan fingerprint density at radius 2 is 2.12 bits per heavy atom. The van der Waals surface area contributed by atoms with Crippen LogP contribution in [0.15, 0.2) is 47.5 Å². The molecule has 0 N–H and O–H groups in total. The summed E-state index contributed by atoms with van der Waals surface area (Å²) in [6.07, 6.45) is 0. The molecule has 134 valence electrons. The van der Waals surface area contributed by atoms with Gasteiger partial charge in [-0.15, -0.1) is 0 Å². The molecule has 0 atom stereocenters. The number of thioether (sulfide) groups is 1. The molecule has 0 bridgehead atoms. The van der Waals surface area contributed by atoms with Crippen molar-refractivity contribution < 1.29 is 9.72 Å². The van der Waals surface area contributed by atoms with Gasteiger partial charge in [-0.3, -0.25) is 24.8 Å². The number of rotatable bonds is 4. The van der Waals surface area contributed by atoms with E-state index in [1.54, 1.807) is 0 Å². The molecule has 2 aromatic carbocycles. The largest absolute Gasteiger partial charge is 0.285 e. The summed E-state index contributed by atoms with van der Waals surface area (Å²) in [6, 6.07) is 12.0. The highest BCUT2D eigenvalue weighted by molar-refractivity contribution is 8.13. The number of nitrogens with zero attached hydrogens (tertiary/aromatic N) is 3. The molecule has 2 aromatic rings. The Hall–Kier alpha value is -2.38. The highest BCUT2D eigenvalue weighted by Gasteiger charge is 2.30. The summed E-state index contributed by atoms with van der Waals surface area (Å²) in [5, 5.41) is 12.1. The van der Waals surface area contributed by atoms with Crippen LogP contribution in [0.3, 0.4) is 0 Å². The van der Waals surface area contributed by atoms with Gasteiger partial charge in [-0.05, 0) is 30.2 Å². The van der Waals surface area contributed by atoms with E-state index in [1.165, 1.54) is 40.4 Å². The number of carbonyl (C=O) groups is 1. The standard InChI is InChI=1S/C18H16ClN3O3S/c1-12-4-2-3-5-13(12)11-26-18-20-8-9-21(18)17(23)15-10-14(19)6-7-16(15)22(24)25/h2-7,10H,8-9,11H2,1H3. The average molecular weight is 390 g/mol. The first-order valence-electron chi connectivity index (χ1n) is 7.95. The number of carbonyl (C=O) groups excluding carboxylic acids is 1. The van der Waals surface area contributed by atoms with Gasteiger partial charge in [0, 0.05) is 23.4 Å². The number of hydrogen-bond acceptors (Lipinski definition) is 5. The third-order valence-electron chi connectivity index (χ3n) is 4.05. The van der Waals surface area contributed by atoms with Gasteiger partial charge in [0.1, 0.15) is 5.56 Å². The summed E-state index contributed by atoms with van der Waals surface area (Å²) < 4.78 is 0. The van der Waals surface area contributed by atoms with Crippen LogP contribution in [0.4, 0.5) is 5.69 Å². The Kier molecular flexibility index (Phi) is 5.58. The number of nitro groups is 1. The second-order valence-electron chi connectivity index (χ2n) is 5.75. The van der Waals surface area contributed by atoms with Crippen molar-refractivity contribution in [3.05, 3.63) is 74.3 Å². The van der Waals surface area contributed by atoms with Gasteiger partial charge in [0.15, 0.2) is 5.17 Å². The SMILES string of the molecule is Cc1ccccc1CSC1=NCCN1C(=O)c1cc(Cl)ccc1[N+](=O)[O-]. The number of aliphatic imine (C=N–C) groups is 1. The summed E-state index contributed by atoms with van der Waals surface area (Å²) in [4.78, 5) is 29.4. The zero-order valence-electron chi connectivity index (χ0n) is 14.0. The fraction of sp³-hybridized carbons (Fsp3) is 0.222. The van der Waals surface area contributed by atoms with Crippen molar-refractivity contribution in [2.75, 3.05) is 13.1 Å². The van der Waals surface area contributed by atoms with Gasteiger partial charge in [-0.1, -0.05) is 47.6 Å². The molecule has 8 heteroatoms. The van der Waals surface area contributed by atoms with Crippen LogP contribution in [-0.4, -0.2) is 34.0 Å². The number of hydrogen-bond donors (Lipinski definition) is 0. The molecule has 0 saturated heterocycles. The van der Waals surface area contributed by atoms with Gasteiger partial charge in [0.05, 0.1) is 11.5 Å². The van der Waals surface area contributed by atoms with Crippen molar-refractivity contribution >= 4 is 40.1 Å². The molecule has 1 amide bonds. The van der Waals surface area contributed by atoms with Crippen LogP contribution >= 0.6 is 23.4 Å². The molecule has 0 aromatic heterocycles. The number of benzene rings is 2. The van der Waals surface area contributed by atoms with E-state index < -0.39 is 10.8 Å². The summed E-state index contributed by atoms with van der Waals surface area (Å²) in [5.41, 5.74) is 2.05. The summed E-state index contributed by atoms with van der Waals surface area (Å²) in [6.45, 7) is 2.92. The first-order valence-corrected chi connectivity index (χ1v) is 9.31. The maximum absolute atomic E-state index is 12.9. The lowest BCUT2D eigenvalue weighted by molar-refractivity contribution is -0.385. The molecule has 26 heavy (non-hydrogen) atoms. The van der Waals surface area contributed by atoms with Gasteiger partial charge in [-0.25, -0.2) is 0 Å². The van der Waals surface area contributed by atoms with Crippen LogP contribution < -0.4 is 0 Å². The molecule has 1 aliphatic heterocycles. The van der Waals surface area contributed by atoms with Crippen LogP contribution in [0.1, 0.15) is 21.5 Å². The molecule has 0 aliphatic carbocycles. The summed E-state index contributed by atoms with van der Waals surface area (Å²) in [5.74, 6) is 0.222. The van der Waals surface area contributed by atoms with Gasteiger partial charge < -0.3 is 0 Å². The van der Waals surface area contributed by atoms with Crippen LogP contribution in [0, 0.1) is 17.0 Å². The molecule has 1 aliphatic rings. The van der Waals surface area contributed by atoms with Crippen molar-refractivity contribution in [2.45, 2.75) is 12.7 Å². The smallest absolute Gasteiger partial charge is 0.282 e. The Balaban J connectivity index is 1.80. The van der Waals surface area contributed by atoms with Crippen molar-refractivity contribution in [2.24, 2.45) is 4.99 Å². The van der Waals surface area contributed by atoms with Crippen LogP contribution in [0.2, 0.25) is 5.02 Å². The second-order valence-corrected chi connectivity index (χ2v) is 7.13. The summed E-state index contributed by atoms with van der Waals surface area (Å²) >= 11 is 7.39. The molecule has 0 saturated carbocycles. The Bertz CT molecular complexity index is 901. The lowest BCUT2D eigenvalue weighted by atomic mass is 10.1. The zero-order valence-corrected chi connectivity index (χ0v) is 15.6. The molecule has 0 spiro atoms. The fourth-order valence-electron chi connectivity index (χ4n) is 2.64. The van der Waals surface area contributed by atoms with E-state index in [1.807, 2.05) is 31.2 Å². The highest BCUT2D eigenvalue weighted by atomic mass is 35.5. The molecular formula is C18H16ClN3O3S. The van der Waals surface area contributed by atoms with Crippen LogP contribution in [-0.2, 0) is 5.75 Å². The second kappa shape index (κ2) is 7.88. The number of nitro benzene ring substituents is 1. The van der Waals surface area contributed by atoms with E-state index >= 15 is 0 Å². The Morgan fingerprint density at radius 3 is 2.85 bits per heavy atom. The molecule has 0 fully saturated rings. The van der Waals surface area contributed by atoms with E-state index in [2.05, 4.69) is 4.99 Å². The van der Waals surface area contributed by atoms with E-state index in [0.717, 1.165) is 5.56 Å². The van der Waals surface area contributed by atoms with Crippen LogP contribution in [0.5, 0.6) is 0 Å². The number of amides is 1. The van der Waals surface area contributed by atoms with Crippen molar-refractivity contribution in [3.63, 3.8) is 0 Å². The third-order valence-corrected chi connectivity index (χ3v) is 5.35. The first kappa shape index (κ1) is 18.4. The molecule has 1 heterocycles. The fourth-order valence-corrected chi connectivity index (χ4v) is 3.93. The molecule has 6 nitrogen and oxygen atoms in total. The van der Waals surface area contributed by atoms with Gasteiger partial charge in [0.25, 0.3) is 11.6 Å². The maximum atomic E-state index is 12.9. The quantitative estimate of drug-likeness (QED) is 0.577. The predicted molar refractivity (Wildman–Crippen MR) is 104 cm³/mol. The minimum atomic E-state index is -0.572. The molecular weight excluding hydrogens is 374 g/mol. The minimum Gasteiger partial charge on any atom is -0.285 e. The average Bonchev–Trinajstić information content (AvgIpc) is 3.08. The highest BCUT2D eigenvalue weighted by Crippen LogP contribution is 2.27. The number of halogens is 1. The molecule has 0 unspecified atom stereocenters. The number of aryl methyl sites for hydroxylation is 1. The topological polar surface area (TPSA) is 75.8 Å². The van der Waals surface area contributed by atoms with E-state index in [-0.39, 0.29) is 16.3 Å². The van der Waals surface area contributed by atoms with Gasteiger partial charge >= 0.3 is 0 Å². The third kappa shape index (κ3) is 3.89. The molecule has 3 rings (SSSR count). The summed E-state index contributed by atoms with van der Waals surface area (Å²) in [7, 11) is 0. The number of amidine groups is 1. The zero-order chi connectivity index (χ0) is 18.7. The van der Waals surface area contributed by atoms with Gasteiger partial charge in [-0.2, -0.15) is 0 Å². The lowest BCUT2D eigenvalue weighted by Crippen LogP contribution is -2.33.